The van der Waals surface area contributed by atoms with Crippen LogP contribution in [0, 0.1) is 0 Å². The molecule has 3 atom stereocenters. The molecule has 1 aliphatic rings. The summed E-state index contributed by atoms with van der Waals surface area (Å²) in [6.45, 7) is -0.798. The topological polar surface area (TPSA) is 144 Å². The molecule has 2 aromatic rings. The van der Waals surface area contributed by atoms with Crippen LogP contribution in [0.4, 0.5) is 0 Å². The lowest BCUT2D eigenvalue weighted by Gasteiger charge is -2.22. The summed E-state index contributed by atoms with van der Waals surface area (Å²) in [6, 6.07) is 11.4. The number of carbonyl (C=O) groups excluding carboxylic acids is 2. The maximum absolute atomic E-state index is 12.5. The van der Waals surface area contributed by atoms with Gasteiger partial charge in [-0.25, -0.2) is 10.4 Å². The van der Waals surface area contributed by atoms with Gasteiger partial charge in [0.1, 0.15) is 17.9 Å². The number of aliphatic hydroxyl groups is 3. The van der Waals surface area contributed by atoms with E-state index in [9.17, 15) is 19.8 Å². The van der Waals surface area contributed by atoms with Crippen molar-refractivity contribution in [3.05, 3.63) is 69.8 Å². The van der Waals surface area contributed by atoms with E-state index in [4.69, 9.17) is 16.7 Å². The number of hydrogen-bond acceptors (Lipinski definition) is 7. The lowest BCUT2D eigenvalue weighted by atomic mass is 10.0. The zero-order valence-electron chi connectivity index (χ0n) is 14.9. The maximum atomic E-state index is 12.5. The van der Waals surface area contributed by atoms with E-state index >= 15 is 0 Å². The molecule has 1 aliphatic heterocycles. The standard InChI is InChI=1S/C19H17ClN4O5/c20-11-6-2-1-5-10(11)18(28)24-23-15(17(27)14(26)9-25)16-19(29)22-13-8-4-3-7-12(13)21-16/h1-8,14,16-17,25-27H,9H2,(H,24,28)/b23-15+. The molecule has 0 spiro atoms. The molecule has 3 unspecified atom stereocenters. The Labute approximate surface area is 169 Å². The van der Waals surface area contributed by atoms with Crippen molar-refractivity contribution in [1.29, 1.82) is 0 Å². The first kappa shape index (κ1) is 20.7. The van der Waals surface area contributed by atoms with Gasteiger partial charge in [0.15, 0.2) is 6.04 Å². The lowest BCUT2D eigenvalue weighted by molar-refractivity contribution is -0.118. The number of hydrazone groups is 1. The maximum Gasteiger partial charge on any atom is 0.277 e. The third-order valence-corrected chi connectivity index (χ3v) is 4.48. The number of nitrogens with one attached hydrogen (secondary N) is 1. The zero-order chi connectivity index (χ0) is 21.0. The van der Waals surface area contributed by atoms with Gasteiger partial charge in [-0.1, -0.05) is 35.9 Å². The Hall–Kier alpha value is -2.98. The Bertz CT molecular complexity index is 1090. The summed E-state index contributed by atoms with van der Waals surface area (Å²) in [4.78, 5) is 33.0. The fourth-order valence-corrected chi connectivity index (χ4v) is 2.86. The smallest absolute Gasteiger partial charge is 0.277 e. The summed E-state index contributed by atoms with van der Waals surface area (Å²) < 4.78 is 0. The number of benzene rings is 2. The SMILES string of the molecule is O=C(N/N=C(\C1N=c2ccccc2=NC1=O)C(O)C(O)CO)c1ccccc1Cl. The van der Waals surface area contributed by atoms with E-state index in [1.165, 1.54) is 12.1 Å². The first-order valence-corrected chi connectivity index (χ1v) is 8.95. The van der Waals surface area contributed by atoms with Gasteiger partial charge < -0.3 is 15.3 Å². The minimum absolute atomic E-state index is 0.122. The molecule has 4 N–H and O–H groups in total. The Morgan fingerprint density at radius 1 is 1.14 bits per heavy atom. The number of fused-ring (bicyclic) bond motifs is 1. The van der Waals surface area contributed by atoms with E-state index < -0.39 is 36.7 Å². The molecule has 10 heteroatoms. The summed E-state index contributed by atoms with van der Waals surface area (Å²) in [7, 11) is 0. The molecule has 0 radical (unpaired) electrons. The van der Waals surface area contributed by atoms with Crippen LogP contribution in [-0.2, 0) is 4.79 Å². The average molecular weight is 417 g/mol. The van der Waals surface area contributed by atoms with Crippen molar-refractivity contribution in [2.24, 2.45) is 15.1 Å². The lowest BCUT2D eigenvalue weighted by Crippen LogP contribution is -2.49. The van der Waals surface area contributed by atoms with Gasteiger partial charge in [-0.2, -0.15) is 5.10 Å². The first-order valence-electron chi connectivity index (χ1n) is 8.57. The van der Waals surface area contributed by atoms with Crippen LogP contribution >= 0.6 is 11.6 Å². The van der Waals surface area contributed by atoms with E-state index in [2.05, 4.69) is 20.5 Å². The van der Waals surface area contributed by atoms with Crippen LogP contribution in [0.1, 0.15) is 10.4 Å². The molecule has 150 valence electrons. The summed E-state index contributed by atoms with van der Waals surface area (Å²) in [6.07, 6.45) is -3.42. The van der Waals surface area contributed by atoms with Gasteiger partial charge in [0, 0.05) is 0 Å². The number of carbonyl (C=O) groups is 2. The summed E-state index contributed by atoms with van der Waals surface area (Å²) in [5.41, 5.74) is 1.96. The highest BCUT2D eigenvalue weighted by Crippen LogP contribution is 2.15. The molecule has 0 saturated carbocycles. The van der Waals surface area contributed by atoms with Crippen molar-refractivity contribution in [2.45, 2.75) is 18.2 Å². The van der Waals surface area contributed by atoms with Crippen LogP contribution in [0.3, 0.4) is 0 Å². The Morgan fingerprint density at radius 2 is 1.79 bits per heavy atom. The second-order valence-electron chi connectivity index (χ2n) is 6.12. The predicted octanol–water partition coefficient (Wildman–Crippen LogP) is -1.01. The van der Waals surface area contributed by atoms with E-state index in [1.807, 2.05) is 0 Å². The molecule has 0 fully saturated rings. The van der Waals surface area contributed by atoms with Gasteiger partial charge in [-0.05, 0) is 24.3 Å². The van der Waals surface area contributed by atoms with Gasteiger partial charge in [0.25, 0.3) is 11.8 Å². The first-order chi connectivity index (χ1) is 13.9. The number of halogens is 1. The Kier molecular flexibility index (Phi) is 6.45. The summed E-state index contributed by atoms with van der Waals surface area (Å²) >= 11 is 5.98. The van der Waals surface area contributed by atoms with Crippen molar-refractivity contribution in [2.75, 3.05) is 6.61 Å². The molecule has 0 bridgehead atoms. The van der Waals surface area contributed by atoms with Crippen molar-refractivity contribution in [3.63, 3.8) is 0 Å². The Balaban J connectivity index is 1.98. The fourth-order valence-electron chi connectivity index (χ4n) is 2.64. The zero-order valence-corrected chi connectivity index (χ0v) is 15.7. The highest BCUT2D eigenvalue weighted by Gasteiger charge is 2.34. The van der Waals surface area contributed by atoms with Crippen LogP contribution in [0.5, 0.6) is 0 Å². The van der Waals surface area contributed by atoms with E-state index in [1.54, 1.807) is 36.4 Å². The molecule has 9 nitrogen and oxygen atoms in total. The van der Waals surface area contributed by atoms with E-state index in [-0.39, 0.29) is 16.3 Å². The third-order valence-electron chi connectivity index (χ3n) is 4.15. The minimum atomic E-state index is -1.77. The van der Waals surface area contributed by atoms with Crippen LogP contribution in [0.15, 0.2) is 63.6 Å². The fraction of sp³-hybridized carbons (Fsp3) is 0.211. The van der Waals surface area contributed by atoms with Gasteiger partial charge in [-0.15, -0.1) is 0 Å². The molecule has 0 aromatic heterocycles. The van der Waals surface area contributed by atoms with Crippen molar-refractivity contribution in [3.8, 4) is 0 Å². The van der Waals surface area contributed by atoms with Crippen molar-refractivity contribution in [1.82, 2.24) is 5.43 Å². The Morgan fingerprint density at radius 3 is 2.48 bits per heavy atom. The van der Waals surface area contributed by atoms with Crippen LogP contribution < -0.4 is 16.1 Å². The molecule has 0 aliphatic carbocycles. The molecule has 0 saturated heterocycles. The predicted molar refractivity (Wildman–Crippen MR) is 103 cm³/mol. The third kappa shape index (κ3) is 4.54. The largest absolute Gasteiger partial charge is 0.394 e. The van der Waals surface area contributed by atoms with Crippen LogP contribution in [-0.4, -0.2) is 57.7 Å². The van der Waals surface area contributed by atoms with Crippen LogP contribution in [0.2, 0.25) is 5.02 Å². The van der Waals surface area contributed by atoms with Gasteiger partial charge >= 0.3 is 0 Å². The number of aliphatic hydroxyl groups excluding tert-OH is 3. The van der Waals surface area contributed by atoms with Crippen LogP contribution in [0.25, 0.3) is 0 Å². The van der Waals surface area contributed by atoms with E-state index in [0.717, 1.165) is 0 Å². The number of para-hydroxylation sites is 2. The second-order valence-corrected chi connectivity index (χ2v) is 6.53. The molecule has 1 heterocycles. The second kappa shape index (κ2) is 9.01. The summed E-state index contributed by atoms with van der Waals surface area (Å²) in [5.74, 6) is -1.43. The number of amides is 2. The molecule has 29 heavy (non-hydrogen) atoms. The molecule has 2 aromatic carbocycles. The molecule has 2 amide bonds. The monoisotopic (exact) mass is 416 g/mol. The number of rotatable bonds is 6. The molecule has 3 rings (SSSR count). The number of nitrogens with zero attached hydrogens (tertiary/aromatic N) is 3. The highest BCUT2D eigenvalue weighted by molar-refractivity contribution is 6.33. The quantitative estimate of drug-likeness (QED) is 0.352. The van der Waals surface area contributed by atoms with Gasteiger partial charge in [-0.3, -0.25) is 14.6 Å². The molecular formula is C19H17ClN4O5. The molecular weight excluding hydrogens is 400 g/mol. The van der Waals surface area contributed by atoms with Crippen molar-refractivity contribution < 1.29 is 24.9 Å². The van der Waals surface area contributed by atoms with Gasteiger partial charge in [0.05, 0.1) is 27.9 Å². The normalized spacial score (nSPS) is 18.1. The van der Waals surface area contributed by atoms with E-state index in [0.29, 0.717) is 10.7 Å². The minimum Gasteiger partial charge on any atom is -0.394 e. The highest BCUT2D eigenvalue weighted by atomic mass is 35.5. The number of hydrogen-bond donors (Lipinski definition) is 4. The van der Waals surface area contributed by atoms with Gasteiger partial charge in [0.2, 0.25) is 0 Å². The van der Waals surface area contributed by atoms with Crippen molar-refractivity contribution >= 4 is 29.1 Å². The summed E-state index contributed by atoms with van der Waals surface area (Å²) in [5, 5.41) is 34.1. The average Bonchev–Trinajstić information content (AvgIpc) is 2.73.